The molecule has 608 valence electrons. The first-order chi connectivity index (χ1) is 50.5. The highest BCUT2D eigenvalue weighted by Crippen LogP contribution is 2.72. The fourth-order valence-electron chi connectivity index (χ4n) is 32.2. The Labute approximate surface area is 656 Å². The van der Waals surface area contributed by atoms with Crippen LogP contribution in [-0.4, -0.2) is 73.0 Å². The summed E-state index contributed by atoms with van der Waals surface area (Å²) in [7, 11) is 0. The van der Waals surface area contributed by atoms with Gasteiger partial charge in [0.05, 0.1) is 36.6 Å². The molecule has 12 fully saturated rings. The fourth-order valence-corrected chi connectivity index (χ4v) is 32.2. The number of Topliss-reactive ketones (excluding diaryl/α,β-unsaturated/α-hetero) is 1. The highest BCUT2D eigenvalue weighted by atomic mass is 16.3. The van der Waals surface area contributed by atoms with Crippen molar-refractivity contribution >= 4 is 5.78 Å². The third-order valence-electron chi connectivity index (χ3n) is 39.0. The summed E-state index contributed by atoms with van der Waals surface area (Å²) in [6, 6.07) is 0. The second kappa shape index (κ2) is 32.5. The predicted octanol–water partition coefficient (Wildman–Crippen LogP) is 24.0. The molecule has 7 nitrogen and oxygen atoms in total. The number of aliphatic hydroxyl groups excluding tert-OH is 6. The Morgan fingerprint density at radius 1 is 0.336 bits per heavy atom. The van der Waals surface area contributed by atoms with Gasteiger partial charge < -0.3 is 30.6 Å². The third kappa shape index (κ3) is 15.4. The van der Waals surface area contributed by atoms with Crippen LogP contribution in [0.5, 0.6) is 0 Å². The van der Waals surface area contributed by atoms with Crippen LogP contribution in [0.2, 0.25) is 0 Å². The maximum Gasteiger partial charge on any atom is 0.139 e. The van der Waals surface area contributed by atoms with Gasteiger partial charge in [0.15, 0.2) is 0 Å². The normalized spacial score (nSPS) is 47.7. The summed E-state index contributed by atoms with van der Waals surface area (Å²) in [6.07, 6.45) is 56.4. The van der Waals surface area contributed by atoms with E-state index in [4.69, 9.17) is 0 Å². The van der Waals surface area contributed by atoms with Gasteiger partial charge in [-0.15, -0.1) is 0 Å². The van der Waals surface area contributed by atoms with Gasteiger partial charge in [0.1, 0.15) is 5.78 Å². The van der Waals surface area contributed by atoms with Gasteiger partial charge in [-0.1, -0.05) is 184 Å². The Hall–Kier alpha value is -1.61. The molecule has 0 saturated heterocycles. The Bertz CT molecular complexity index is 3170. The molecule has 0 aromatic heterocycles. The van der Waals surface area contributed by atoms with Gasteiger partial charge in [0.25, 0.3) is 0 Å². The molecule has 0 radical (unpaired) electrons. The van der Waals surface area contributed by atoms with E-state index in [9.17, 15) is 35.4 Å². The van der Waals surface area contributed by atoms with Crippen LogP contribution in [0.3, 0.4) is 0 Å². The van der Waals surface area contributed by atoms with Crippen molar-refractivity contribution in [1.82, 2.24) is 0 Å². The smallest absolute Gasteiger partial charge is 0.139 e. The molecule has 0 bridgehead atoms. The zero-order valence-electron chi connectivity index (χ0n) is 72.1. The van der Waals surface area contributed by atoms with E-state index in [-0.39, 0.29) is 42.0 Å². The van der Waals surface area contributed by atoms with Crippen molar-refractivity contribution in [1.29, 1.82) is 0 Å². The second-order valence-electron chi connectivity index (χ2n) is 45.3. The Morgan fingerprint density at radius 2 is 0.654 bits per heavy atom. The van der Waals surface area contributed by atoms with Crippen LogP contribution >= 0.6 is 0 Å². The summed E-state index contributed by atoms with van der Waals surface area (Å²) in [4.78, 5) is 12.4. The number of fused-ring (bicyclic) bond motifs is 20. The largest absolute Gasteiger partial charge is 0.393 e. The number of hydrogen-bond acceptors (Lipinski definition) is 7. The van der Waals surface area contributed by atoms with Crippen molar-refractivity contribution in [3.8, 4) is 0 Å². The molecule has 16 rings (SSSR count). The third-order valence-corrected chi connectivity index (χ3v) is 39.0. The van der Waals surface area contributed by atoms with Crippen LogP contribution in [0, 0.1) is 168 Å². The minimum absolute atomic E-state index is 0.0168. The first-order valence-corrected chi connectivity index (χ1v) is 46.9. The molecule has 0 aromatic carbocycles. The average molecular weight is 1480 g/mol. The molecule has 0 amide bonds. The standard InChI is InChI=1S/2C27H46O2.C27H46O.C19H28O2/c1-17(2)25(29)11-6-18(3)22-9-10-23-21-8-7-19-16-20(28)12-14-26(19,4)24(21)13-15-27(22,23)5;1-17(2)6-11-25(29)18(3)22-9-10-23-21-8-7-19-16-20(28)12-14-26(19,4)24(21)13-15-27(22,23)5;1-18(2)7-6-8-19(3)23-11-12-24-22-10-9-20-17-21(28)13-15-26(20,4)25(22)14-16-27(23,24)5;1-18-9-7-13(20)11-12(18)3-4-14-15-5-6-17(21)19(15,2)10-8-16(14)18/h2*7,17-18,20-25,28-29H,6,8-16H2,1-5H3;9,18-19,21-25,28H,6-8,10-17H2,1-5H3;3,13-16,20H,4-11H2,1-2H3/t18-,20?,21+,22-,23+,24+,25+,26+,27-;18-,20?,21-,22+,23-,24-,25+,26-,27+;19-,21+,22+,23-,24+,25+,26+,27-;13-,14-,15-,16-,18-,19-/m1010/s1. The van der Waals surface area contributed by atoms with Gasteiger partial charge >= 0.3 is 0 Å². The lowest BCUT2D eigenvalue weighted by atomic mass is 9.47. The number of rotatable bonds is 15. The van der Waals surface area contributed by atoms with Crippen molar-refractivity contribution in [3.05, 3.63) is 46.6 Å². The molecule has 6 N–H and O–H groups in total. The predicted molar refractivity (Wildman–Crippen MR) is 443 cm³/mol. The van der Waals surface area contributed by atoms with Gasteiger partial charge in [-0.2, -0.15) is 0 Å². The lowest BCUT2D eigenvalue weighted by Gasteiger charge is -2.58. The quantitative estimate of drug-likeness (QED) is 0.0898. The molecular weight excluding hydrogens is 1310 g/mol. The van der Waals surface area contributed by atoms with Crippen LogP contribution in [0.1, 0.15) is 368 Å². The van der Waals surface area contributed by atoms with Crippen LogP contribution in [-0.2, 0) is 4.79 Å². The molecule has 32 atom stereocenters. The van der Waals surface area contributed by atoms with E-state index in [1.165, 1.54) is 153 Å². The van der Waals surface area contributed by atoms with Gasteiger partial charge in [-0.25, -0.2) is 0 Å². The highest BCUT2D eigenvalue weighted by molar-refractivity contribution is 5.87. The van der Waals surface area contributed by atoms with E-state index in [0.29, 0.717) is 79.2 Å². The van der Waals surface area contributed by atoms with E-state index >= 15 is 0 Å². The number of aliphatic hydroxyl groups is 6. The molecule has 107 heavy (non-hydrogen) atoms. The van der Waals surface area contributed by atoms with Crippen molar-refractivity contribution in [2.45, 2.75) is 405 Å². The number of carbonyl (C=O) groups excluding carboxylic acids is 1. The average Bonchev–Trinajstić information content (AvgIpc) is 1.71. The maximum atomic E-state index is 12.4. The molecule has 0 spiro atoms. The van der Waals surface area contributed by atoms with Crippen molar-refractivity contribution in [2.24, 2.45) is 168 Å². The molecule has 7 heteroatoms. The molecule has 0 aromatic rings. The van der Waals surface area contributed by atoms with Crippen LogP contribution in [0.4, 0.5) is 0 Å². The Kier molecular flexibility index (Phi) is 25.3. The number of ketones is 1. The van der Waals surface area contributed by atoms with Crippen molar-refractivity contribution in [2.75, 3.05) is 0 Å². The zero-order valence-corrected chi connectivity index (χ0v) is 72.1. The topological polar surface area (TPSA) is 138 Å². The van der Waals surface area contributed by atoms with Crippen LogP contribution in [0.15, 0.2) is 46.6 Å². The molecular formula is C100H166O7. The van der Waals surface area contributed by atoms with Crippen LogP contribution < -0.4 is 0 Å². The first kappa shape index (κ1) is 83.3. The molecule has 16 aliphatic rings. The molecule has 2 unspecified atom stereocenters. The lowest BCUT2D eigenvalue weighted by molar-refractivity contribution is -0.132. The van der Waals surface area contributed by atoms with E-state index < -0.39 is 0 Å². The van der Waals surface area contributed by atoms with E-state index in [0.717, 1.165) is 192 Å². The summed E-state index contributed by atoms with van der Waals surface area (Å²) in [5.74, 6) is 16.8. The monoisotopic (exact) mass is 1480 g/mol. The Morgan fingerprint density at radius 3 is 1.03 bits per heavy atom. The number of allylic oxidation sites excluding steroid dienone is 4. The van der Waals surface area contributed by atoms with E-state index in [1.807, 2.05) is 0 Å². The summed E-state index contributed by atoms with van der Waals surface area (Å²) in [5.41, 5.74) is 9.18. The Balaban J connectivity index is 0.000000127. The van der Waals surface area contributed by atoms with Gasteiger partial charge in [-0.05, 0) is 387 Å². The lowest BCUT2D eigenvalue weighted by Crippen LogP contribution is -2.51. The highest BCUT2D eigenvalue weighted by Gasteiger charge is 2.64. The molecule has 12 saturated carbocycles. The van der Waals surface area contributed by atoms with Crippen LogP contribution in [0.25, 0.3) is 0 Å². The summed E-state index contributed by atoms with van der Waals surface area (Å²) in [6.45, 7) is 41.2. The second-order valence-corrected chi connectivity index (χ2v) is 45.3. The molecule has 16 aliphatic carbocycles. The summed E-state index contributed by atoms with van der Waals surface area (Å²) >= 11 is 0. The van der Waals surface area contributed by atoms with E-state index in [1.54, 1.807) is 16.7 Å². The van der Waals surface area contributed by atoms with Gasteiger partial charge in [0.2, 0.25) is 0 Å². The molecule has 0 aliphatic heterocycles. The number of hydrogen-bond donors (Lipinski definition) is 6. The zero-order chi connectivity index (χ0) is 76.9. The molecule has 0 heterocycles. The van der Waals surface area contributed by atoms with Crippen molar-refractivity contribution in [3.63, 3.8) is 0 Å². The van der Waals surface area contributed by atoms with Gasteiger partial charge in [0, 0.05) is 11.8 Å². The van der Waals surface area contributed by atoms with Crippen molar-refractivity contribution < 1.29 is 35.4 Å². The maximum absolute atomic E-state index is 12.4. The van der Waals surface area contributed by atoms with Gasteiger partial charge in [-0.3, -0.25) is 4.79 Å². The van der Waals surface area contributed by atoms with E-state index in [2.05, 4.69) is 142 Å². The fraction of sp³-hybridized carbons (Fsp3) is 0.910. The minimum atomic E-state index is -0.137. The first-order valence-electron chi connectivity index (χ1n) is 46.9. The SMILES string of the molecule is CC(C)CCC[C@@H](C)[C@H]1CC[C@H]2[C@@H]3CC=C4C[C@@H](O)CC[C@]4(C)[C@H]3CC[C@]12C.CC(C)CC[C@@H](O)[C@@H](C)[C@H]1CC[C@H]2[C@@H]3CC=C4CC(O)CC[C@]4(C)[C@H]3CC[C@]12C.CC(C)[C@@H](O)CC[C@@H](C)[C@H]1CC[C@H]2[C@@H]3CC=C4CC(O)CC[C@]4(C)[C@H]3CC[C@]12C.C[C@]12CC[C@H](O)CC1=CC[C@@H]1[C@@H]2CC[C@]2(C)C(=O)CC[C@@H]12. The minimum Gasteiger partial charge on any atom is -0.393 e. The summed E-state index contributed by atoms with van der Waals surface area (Å²) in [5, 5.41) is 61.9. The summed E-state index contributed by atoms with van der Waals surface area (Å²) < 4.78 is 0. The number of carbonyl (C=O) groups is 1.